The lowest BCUT2D eigenvalue weighted by Gasteiger charge is -2.16. The van der Waals surface area contributed by atoms with Crippen molar-refractivity contribution in [1.29, 1.82) is 0 Å². The van der Waals surface area contributed by atoms with E-state index in [-0.39, 0.29) is 6.04 Å². The van der Waals surface area contributed by atoms with E-state index in [0.717, 1.165) is 33.2 Å². The second kappa shape index (κ2) is 8.01. The lowest BCUT2D eigenvalue weighted by Crippen LogP contribution is -2.18. The third-order valence-electron chi connectivity index (χ3n) is 4.52. The monoisotopic (exact) mass is 382 g/mol. The lowest BCUT2D eigenvalue weighted by atomic mass is 10.1. The van der Waals surface area contributed by atoms with E-state index in [1.165, 1.54) is 11.1 Å². The van der Waals surface area contributed by atoms with E-state index in [9.17, 15) is 0 Å². The van der Waals surface area contributed by atoms with E-state index in [0.29, 0.717) is 0 Å². The summed E-state index contributed by atoms with van der Waals surface area (Å²) in [5.41, 5.74) is 5.47. The molecule has 0 amide bonds. The zero-order valence-electron chi connectivity index (χ0n) is 16.7. The average molecular weight is 383 g/mol. The number of nitrogens with zero attached hydrogens (tertiary/aromatic N) is 2. The van der Waals surface area contributed by atoms with Crippen molar-refractivity contribution in [3.63, 3.8) is 0 Å². The molecule has 0 N–H and O–H groups in total. The second-order valence-electron chi connectivity index (χ2n) is 6.84. The number of aryl methyl sites for hydroxylation is 2. The summed E-state index contributed by atoms with van der Waals surface area (Å²) in [5, 5.41) is 2.14. The smallest absolute Gasteiger partial charge is 0.190 e. The van der Waals surface area contributed by atoms with Crippen molar-refractivity contribution in [2.45, 2.75) is 33.7 Å². The molecule has 0 radical (unpaired) electrons. The molecule has 2 aromatic carbocycles. The van der Waals surface area contributed by atoms with Crippen LogP contribution in [-0.4, -0.2) is 18.8 Å². The number of aromatic nitrogens is 1. The van der Waals surface area contributed by atoms with Crippen LogP contribution in [0.3, 0.4) is 0 Å². The molecule has 4 nitrogen and oxygen atoms in total. The molecule has 0 unspecified atom stereocenters. The van der Waals surface area contributed by atoms with Crippen LogP contribution in [0.5, 0.6) is 11.5 Å². The number of hydrogen-bond acceptors (Lipinski definition) is 4. The van der Waals surface area contributed by atoms with Gasteiger partial charge < -0.3 is 14.0 Å². The Kier molecular flexibility index (Phi) is 5.71. The van der Waals surface area contributed by atoms with Crippen molar-refractivity contribution in [2.24, 2.45) is 4.99 Å². The first-order chi connectivity index (χ1) is 12.9. The minimum Gasteiger partial charge on any atom is -0.497 e. The topological polar surface area (TPSA) is 35.8 Å². The summed E-state index contributed by atoms with van der Waals surface area (Å²) >= 11 is 1.64. The van der Waals surface area contributed by atoms with Gasteiger partial charge in [0.05, 0.1) is 25.6 Å². The molecular weight excluding hydrogens is 356 g/mol. The molecule has 0 bridgehead atoms. The first-order valence-electron chi connectivity index (χ1n) is 8.99. The molecule has 3 aromatic rings. The molecule has 1 aromatic heterocycles. The Morgan fingerprint density at radius 3 is 2.44 bits per heavy atom. The van der Waals surface area contributed by atoms with Gasteiger partial charge in [-0.2, -0.15) is 0 Å². The normalized spacial score (nSPS) is 11.9. The van der Waals surface area contributed by atoms with E-state index < -0.39 is 0 Å². The van der Waals surface area contributed by atoms with E-state index in [4.69, 9.17) is 14.5 Å². The highest BCUT2D eigenvalue weighted by Gasteiger charge is 2.16. The molecule has 0 atom stereocenters. The molecule has 0 aliphatic carbocycles. The first-order valence-corrected chi connectivity index (χ1v) is 9.87. The van der Waals surface area contributed by atoms with Crippen molar-refractivity contribution >= 4 is 17.0 Å². The van der Waals surface area contributed by atoms with Crippen LogP contribution in [0.15, 0.2) is 46.8 Å². The number of rotatable bonds is 5. The SMILES string of the molecule is COc1ccc(OC)c(-c2csc(=Nc3cc(C)ccc3C)n2C(C)C)c1. The Labute approximate surface area is 164 Å². The van der Waals surface area contributed by atoms with Gasteiger partial charge in [-0.15, -0.1) is 11.3 Å². The maximum absolute atomic E-state index is 5.60. The van der Waals surface area contributed by atoms with Crippen LogP contribution < -0.4 is 14.3 Å². The summed E-state index contributed by atoms with van der Waals surface area (Å²) < 4.78 is 13.3. The number of hydrogen-bond donors (Lipinski definition) is 0. The molecule has 3 rings (SSSR count). The van der Waals surface area contributed by atoms with Crippen molar-refractivity contribution in [2.75, 3.05) is 14.2 Å². The van der Waals surface area contributed by atoms with Crippen LogP contribution in [0.1, 0.15) is 31.0 Å². The van der Waals surface area contributed by atoms with Gasteiger partial charge in [-0.1, -0.05) is 12.1 Å². The number of ether oxygens (including phenoxy) is 2. The van der Waals surface area contributed by atoms with Crippen molar-refractivity contribution in [1.82, 2.24) is 4.57 Å². The van der Waals surface area contributed by atoms with Crippen LogP contribution in [-0.2, 0) is 0 Å². The summed E-state index contributed by atoms with van der Waals surface area (Å²) in [6.07, 6.45) is 0. The summed E-state index contributed by atoms with van der Waals surface area (Å²) in [4.78, 5) is 5.95. The number of benzene rings is 2. The summed E-state index contributed by atoms with van der Waals surface area (Å²) in [6, 6.07) is 12.5. The Bertz CT molecular complexity index is 1020. The fraction of sp³-hybridized carbons (Fsp3) is 0.318. The highest BCUT2D eigenvalue weighted by molar-refractivity contribution is 7.07. The van der Waals surface area contributed by atoms with Gasteiger partial charge in [0.2, 0.25) is 0 Å². The van der Waals surface area contributed by atoms with Gasteiger partial charge in [0.1, 0.15) is 11.5 Å². The molecule has 0 saturated heterocycles. The van der Waals surface area contributed by atoms with Gasteiger partial charge >= 0.3 is 0 Å². The summed E-state index contributed by atoms with van der Waals surface area (Å²) in [5.74, 6) is 1.63. The van der Waals surface area contributed by atoms with Crippen molar-refractivity contribution in [3.8, 4) is 22.8 Å². The van der Waals surface area contributed by atoms with Gasteiger partial charge in [0, 0.05) is 17.0 Å². The molecule has 0 aliphatic heterocycles. The number of methoxy groups -OCH3 is 2. The highest BCUT2D eigenvalue weighted by atomic mass is 32.1. The van der Waals surface area contributed by atoms with E-state index in [1.54, 1.807) is 25.6 Å². The van der Waals surface area contributed by atoms with E-state index >= 15 is 0 Å². The standard InChI is InChI=1S/C22H26N2O2S/c1-14(2)24-20(18-12-17(25-5)9-10-21(18)26-6)13-27-22(24)23-19-11-15(3)7-8-16(19)4/h7-14H,1-6H3. The molecular formula is C22H26N2O2S. The molecule has 142 valence electrons. The van der Waals surface area contributed by atoms with Crippen LogP contribution in [0.2, 0.25) is 0 Å². The predicted octanol–water partition coefficient (Wildman–Crippen LogP) is 5.66. The van der Waals surface area contributed by atoms with Crippen LogP contribution >= 0.6 is 11.3 Å². The Morgan fingerprint density at radius 1 is 1.00 bits per heavy atom. The largest absolute Gasteiger partial charge is 0.497 e. The highest BCUT2D eigenvalue weighted by Crippen LogP contribution is 2.35. The van der Waals surface area contributed by atoms with Crippen molar-refractivity contribution in [3.05, 3.63) is 57.7 Å². The average Bonchev–Trinajstić information content (AvgIpc) is 3.07. The van der Waals surface area contributed by atoms with Crippen LogP contribution in [0, 0.1) is 13.8 Å². The molecule has 0 spiro atoms. The van der Waals surface area contributed by atoms with Gasteiger partial charge in [0.15, 0.2) is 4.80 Å². The zero-order chi connectivity index (χ0) is 19.6. The predicted molar refractivity (Wildman–Crippen MR) is 112 cm³/mol. The summed E-state index contributed by atoms with van der Waals surface area (Å²) in [7, 11) is 3.37. The van der Waals surface area contributed by atoms with Gasteiger partial charge in [0.25, 0.3) is 0 Å². The molecule has 0 saturated carbocycles. The number of thiazole rings is 1. The van der Waals surface area contributed by atoms with Gasteiger partial charge in [-0.05, 0) is 63.1 Å². The zero-order valence-corrected chi connectivity index (χ0v) is 17.6. The fourth-order valence-corrected chi connectivity index (χ4v) is 4.09. The Balaban J connectivity index is 2.24. The molecule has 5 heteroatoms. The molecule has 27 heavy (non-hydrogen) atoms. The van der Waals surface area contributed by atoms with E-state index in [2.05, 4.69) is 55.8 Å². The maximum atomic E-state index is 5.60. The van der Waals surface area contributed by atoms with Crippen molar-refractivity contribution < 1.29 is 9.47 Å². The quantitative estimate of drug-likeness (QED) is 0.570. The Hall–Kier alpha value is -2.53. The molecule has 0 fully saturated rings. The van der Waals surface area contributed by atoms with Gasteiger partial charge in [-0.25, -0.2) is 4.99 Å². The molecule has 1 heterocycles. The summed E-state index contributed by atoms with van der Waals surface area (Å²) in [6.45, 7) is 8.53. The van der Waals surface area contributed by atoms with Crippen LogP contribution in [0.4, 0.5) is 5.69 Å². The fourth-order valence-electron chi connectivity index (χ4n) is 3.05. The minimum absolute atomic E-state index is 0.256. The second-order valence-corrected chi connectivity index (χ2v) is 7.67. The third kappa shape index (κ3) is 3.93. The first kappa shape index (κ1) is 19.2. The van der Waals surface area contributed by atoms with E-state index in [1.807, 2.05) is 18.2 Å². The van der Waals surface area contributed by atoms with Crippen LogP contribution in [0.25, 0.3) is 11.3 Å². The molecule has 0 aliphatic rings. The van der Waals surface area contributed by atoms with Gasteiger partial charge in [-0.3, -0.25) is 0 Å². The lowest BCUT2D eigenvalue weighted by molar-refractivity contribution is 0.404. The third-order valence-corrected chi connectivity index (χ3v) is 5.36. The Morgan fingerprint density at radius 2 is 1.78 bits per heavy atom. The maximum Gasteiger partial charge on any atom is 0.190 e. The minimum atomic E-state index is 0.256.